The zero-order chi connectivity index (χ0) is 19.4. The standard InChI is InChI=1S/C19H23F3N4O.ClH/c1-23-9-5-14-6-10-25(11-7-14)18(27)17-8-12-26(24-17)16-4-2-3-15(13-16)19(20,21)22;/h2-4,8,12-14,23H,5-7,9-11H2,1H3;1H. The van der Waals surface area contributed by atoms with Crippen LogP contribution in [0.15, 0.2) is 36.5 Å². The highest BCUT2D eigenvalue weighted by molar-refractivity contribution is 5.92. The molecule has 0 saturated carbocycles. The summed E-state index contributed by atoms with van der Waals surface area (Å²) in [5.74, 6) is 0.442. The van der Waals surface area contributed by atoms with Crippen LogP contribution in [0.4, 0.5) is 13.2 Å². The van der Waals surface area contributed by atoms with Crippen molar-refractivity contribution in [3.8, 4) is 5.69 Å². The van der Waals surface area contributed by atoms with Crippen LogP contribution in [0, 0.1) is 5.92 Å². The number of aromatic nitrogens is 2. The molecule has 154 valence electrons. The molecule has 2 heterocycles. The van der Waals surface area contributed by atoms with Gasteiger partial charge in [-0.2, -0.15) is 18.3 Å². The van der Waals surface area contributed by atoms with E-state index >= 15 is 0 Å². The van der Waals surface area contributed by atoms with Crippen LogP contribution < -0.4 is 5.32 Å². The van der Waals surface area contributed by atoms with Crippen molar-refractivity contribution in [2.24, 2.45) is 5.92 Å². The highest BCUT2D eigenvalue weighted by atomic mass is 35.5. The van der Waals surface area contributed by atoms with Gasteiger partial charge in [-0.05, 0) is 63.0 Å². The molecule has 1 saturated heterocycles. The Morgan fingerprint density at radius 3 is 2.61 bits per heavy atom. The Kier molecular flexibility index (Phi) is 7.48. The molecule has 1 amide bonds. The Morgan fingerprint density at radius 2 is 1.96 bits per heavy atom. The number of piperidine rings is 1. The van der Waals surface area contributed by atoms with Crippen LogP contribution in [0.25, 0.3) is 5.69 Å². The number of amides is 1. The zero-order valence-corrected chi connectivity index (χ0v) is 16.4. The smallest absolute Gasteiger partial charge is 0.337 e. The molecule has 3 rings (SSSR count). The molecular formula is C19H24ClF3N4O. The second kappa shape index (κ2) is 9.43. The van der Waals surface area contributed by atoms with E-state index in [0.717, 1.165) is 37.9 Å². The molecule has 2 aromatic rings. The fraction of sp³-hybridized carbons (Fsp3) is 0.474. The van der Waals surface area contributed by atoms with Crippen LogP contribution in [0.1, 0.15) is 35.3 Å². The summed E-state index contributed by atoms with van der Waals surface area (Å²) >= 11 is 0. The predicted octanol–water partition coefficient (Wildman–Crippen LogP) is 3.77. The number of carbonyl (C=O) groups excluding carboxylic acids is 1. The largest absolute Gasteiger partial charge is 0.416 e. The lowest BCUT2D eigenvalue weighted by molar-refractivity contribution is -0.137. The zero-order valence-electron chi connectivity index (χ0n) is 15.6. The van der Waals surface area contributed by atoms with Crippen LogP contribution in [0.3, 0.4) is 0 Å². The van der Waals surface area contributed by atoms with E-state index in [1.807, 2.05) is 7.05 Å². The van der Waals surface area contributed by atoms with Gasteiger partial charge >= 0.3 is 6.18 Å². The molecule has 0 bridgehead atoms. The molecule has 1 N–H and O–H groups in total. The van der Waals surface area contributed by atoms with E-state index in [0.29, 0.717) is 19.0 Å². The summed E-state index contributed by atoms with van der Waals surface area (Å²) < 4.78 is 39.9. The summed E-state index contributed by atoms with van der Waals surface area (Å²) in [6.45, 7) is 2.34. The number of likely N-dealkylation sites (tertiary alicyclic amines) is 1. The molecule has 1 aromatic carbocycles. The molecule has 0 radical (unpaired) electrons. The Labute approximate surface area is 168 Å². The highest BCUT2D eigenvalue weighted by Gasteiger charge is 2.30. The first-order valence-electron chi connectivity index (χ1n) is 9.05. The molecule has 1 aromatic heterocycles. The van der Waals surface area contributed by atoms with E-state index in [4.69, 9.17) is 0 Å². The highest BCUT2D eigenvalue weighted by Crippen LogP contribution is 2.30. The van der Waals surface area contributed by atoms with Crippen molar-refractivity contribution >= 4 is 18.3 Å². The molecule has 1 aliphatic heterocycles. The molecular weight excluding hydrogens is 393 g/mol. The van der Waals surface area contributed by atoms with Crippen molar-refractivity contribution in [1.29, 1.82) is 0 Å². The number of hydrogen-bond acceptors (Lipinski definition) is 3. The SMILES string of the molecule is CNCCC1CCN(C(=O)c2ccn(-c3cccc(C(F)(F)F)c3)n2)CC1.Cl. The van der Waals surface area contributed by atoms with Crippen molar-refractivity contribution in [2.75, 3.05) is 26.7 Å². The summed E-state index contributed by atoms with van der Waals surface area (Å²) in [6, 6.07) is 6.45. The fourth-order valence-electron chi connectivity index (χ4n) is 3.34. The lowest BCUT2D eigenvalue weighted by atomic mass is 9.93. The Bertz CT molecular complexity index is 785. The van der Waals surface area contributed by atoms with Crippen LogP contribution in [0.5, 0.6) is 0 Å². The van der Waals surface area contributed by atoms with Crippen molar-refractivity contribution < 1.29 is 18.0 Å². The van der Waals surface area contributed by atoms with Gasteiger partial charge < -0.3 is 10.2 Å². The number of alkyl halides is 3. The predicted molar refractivity (Wildman–Crippen MR) is 103 cm³/mol. The Hall–Kier alpha value is -2.06. The maximum Gasteiger partial charge on any atom is 0.416 e. The van der Waals surface area contributed by atoms with Crippen LogP contribution in [-0.2, 0) is 6.18 Å². The third-order valence-corrected chi connectivity index (χ3v) is 4.95. The summed E-state index contributed by atoms with van der Waals surface area (Å²) in [4.78, 5) is 14.4. The van der Waals surface area contributed by atoms with Gasteiger partial charge in [-0.25, -0.2) is 4.68 Å². The van der Waals surface area contributed by atoms with Crippen molar-refractivity contribution in [3.63, 3.8) is 0 Å². The molecule has 0 aliphatic carbocycles. The minimum Gasteiger partial charge on any atom is -0.337 e. The molecule has 1 aliphatic rings. The minimum absolute atomic E-state index is 0. The van der Waals surface area contributed by atoms with Crippen LogP contribution in [0.2, 0.25) is 0 Å². The molecule has 1 fully saturated rings. The topological polar surface area (TPSA) is 50.2 Å². The molecule has 0 atom stereocenters. The summed E-state index contributed by atoms with van der Waals surface area (Å²) in [6.07, 6.45) is 0.119. The first-order chi connectivity index (χ1) is 12.9. The van der Waals surface area contributed by atoms with E-state index in [9.17, 15) is 18.0 Å². The lowest BCUT2D eigenvalue weighted by Crippen LogP contribution is -2.39. The summed E-state index contributed by atoms with van der Waals surface area (Å²) in [5, 5.41) is 7.34. The van der Waals surface area contributed by atoms with E-state index in [2.05, 4.69) is 10.4 Å². The average Bonchev–Trinajstić information content (AvgIpc) is 3.16. The van der Waals surface area contributed by atoms with Gasteiger partial charge in [-0.1, -0.05) is 6.07 Å². The van der Waals surface area contributed by atoms with Gasteiger partial charge in [0.1, 0.15) is 0 Å². The van der Waals surface area contributed by atoms with E-state index < -0.39 is 11.7 Å². The van der Waals surface area contributed by atoms with Gasteiger partial charge in [0.15, 0.2) is 5.69 Å². The van der Waals surface area contributed by atoms with Gasteiger partial charge in [0.2, 0.25) is 0 Å². The van der Waals surface area contributed by atoms with Gasteiger partial charge in [0.25, 0.3) is 5.91 Å². The molecule has 9 heteroatoms. The van der Waals surface area contributed by atoms with E-state index in [1.165, 1.54) is 23.0 Å². The Balaban J connectivity index is 0.00000280. The number of halogens is 4. The number of benzene rings is 1. The second-order valence-electron chi connectivity index (χ2n) is 6.82. The normalized spacial score (nSPS) is 15.4. The summed E-state index contributed by atoms with van der Waals surface area (Å²) in [5.41, 5.74) is -0.220. The number of nitrogens with zero attached hydrogens (tertiary/aromatic N) is 3. The number of nitrogens with one attached hydrogen (secondary N) is 1. The quantitative estimate of drug-likeness (QED) is 0.807. The third-order valence-electron chi connectivity index (χ3n) is 4.95. The second-order valence-corrected chi connectivity index (χ2v) is 6.82. The molecule has 5 nitrogen and oxygen atoms in total. The van der Waals surface area contributed by atoms with Gasteiger partial charge in [0, 0.05) is 19.3 Å². The Morgan fingerprint density at radius 1 is 1.25 bits per heavy atom. The average molecular weight is 417 g/mol. The number of carbonyl (C=O) groups is 1. The molecule has 28 heavy (non-hydrogen) atoms. The maximum absolute atomic E-state index is 12.9. The third kappa shape index (κ3) is 5.26. The molecule has 0 unspecified atom stereocenters. The number of rotatable bonds is 5. The van der Waals surface area contributed by atoms with Gasteiger partial charge in [0.05, 0.1) is 11.3 Å². The summed E-state index contributed by atoms with van der Waals surface area (Å²) in [7, 11) is 1.93. The van der Waals surface area contributed by atoms with Crippen molar-refractivity contribution in [2.45, 2.75) is 25.4 Å². The first kappa shape index (κ1) is 22.2. The van der Waals surface area contributed by atoms with Gasteiger partial charge in [-0.3, -0.25) is 4.79 Å². The van der Waals surface area contributed by atoms with Gasteiger partial charge in [-0.15, -0.1) is 12.4 Å². The monoisotopic (exact) mass is 416 g/mol. The fourth-order valence-corrected chi connectivity index (χ4v) is 3.34. The molecule has 0 spiro atoms. The minimum atomic E-state index is -4.42. The van der Waals surface area contributed by atoms with E-state index in [-0.39, 0.29) is 29.7 Å². The van der Waals surface area contributed by atoms with Crippen molar-refractivity contribution in [3.05, 3.63) is 47.8 Å². The van der Waals surface area contributed by atoms with E-state index in [1.54, 1.807) is 11.0 Å². The maximum atomic E-state index is 12.9. The first-order valence-corrected chi connectivity index (χ1v) is 9.05. The lowest BCUT2D eigenvalue weighted by Gasteiger charge is -2.31. The van der Waals surface area contributed by atoms with Crippen LogP contribution >= 0.6 is 12.4 Å². The number of hydrogen-bond donors (Lipinski definition) is 1. The van der Waals surface area contributed by atoms with Crippen LogP contribution in [-0.4, -0.2) is 47.3 Å². The van der Waals surface area contributed by atoms with Crippen molar-refractivity contribution in [1.82, 2.24) is 20.0 Å².